The zero-order chi connectivity index (χ0) is 24.1. The van der Waals surface area contributed by atoms with Gasteiger partial charge in [-0.25, -0.2) is 4.79 Å². The third-order valence-corrected chi connectivity index (χ3v) is 8.95. The number of aliphatic carboxylic acids is 1. The molecule has 178 valence electrons. The number of carbonyl (C=O) groups is 4. The number of carboxylic acids is 1. The summed E-state index contributed by atoms with van der Waals surface area (Å²) in [7, 11) is 0. The lowest BCUT2D eigenvalue weighted by Crippen LogP contribution is -2.62. The summed E-state index contributed by atoms with van der Waals surface area (Å²) < 4.78 is 0. The smallest absolute Gasteiger partial charge is 0.371 e. The van der Waals surface area contributed by atoms with Crippen molar-refractivity contribution in [1.29, 1.82) is 0 Å². The molecule has 0 aromatic heterocycles. The van der Waals surface area contributed by atoms with E-state index in [9.17, 15) is 34.5 Å². The van der Waals surface area contributed by atoms with Gasteiger partial charge in [-0.1, -0.05) is 19.4 Å². The molecule has 3 saturated carbocycles. The van der Waals surface area contributed by atoms with Crippen molar-refractivity contribution in [2.75, 3.05) is 6.61 Å². The minimum atomic E-state index is -1.54. The van der Waals surface area contributed by atoms with Gasteiger partial charge in [0.1, 0.15) is 12.2 Å². The number of hydrogen-bond donors (Lipinski definition) is 4. The maximum Gasteiger partial charge on any atom is 0.371 e. The fourth-order valence-electron chi connectivity index (χ4n) is 7.28. The Balaban J connectivity index is 0.000000427. The molecule has 4 rings (SSSR count). The Hall–Kier alpha value is -1.90. The first-order chi connectivity index (χ1) is 14.8. The Morgan fingerprint density at radius 2 is 1.75 bits per heavy atom. The molecule has 0 radical (unpaired) electrons. The van der Waals surface area contributed by atoms with Crippen LogP contribution < -0.4 is 0 Å². The van der Waals surface area contributed by atoms with E-state index in [-0.39, 0.29) is 29.0 Å². The molecule has 32 heavy (non-hydrogen) atoms. The molecule has 8 nitrogen and oxygen atoms in total. The van der Waals surface area contributed by atoms with Crippen LogP contribution in [0.3, 0.4) is 0 Å². The number of rotatable bonds is 3. The molecule has 0 aromatic rings. The summed E-state index contributed by atoms with van der Waals surface area (Å²) in [6.45, 7) is 4.46. The van der Waals surface area contributed by atoms with Crippen LogP contribution in [0.4, 0.5) is 0 Å². The van der Waals surface area contributed by atoms with Crippen LogP contribution in [-0.4, -0.2) is 62.1 Å². The van der Waals surface area contributed by atoms with Gasteiger partial charge in [0.15, 0.2) is 11.6 Å². The fourth-order valence-corrected chi connectivity index (χ4v) is 7.28. The van der Waals surface area contributed by atoms with Crippen molar-refractivity contribution in [2.45, 2.75) is 77.4 Å². The van der Waals surface area contributed by atoms with E-state index in [0.717, 1.165) is 32.6 Å². The van der Waals surface area contributed by atoms with Crippen LogP contribution in [0, 0.1) is 28.6 Å². The maximum absolute atomic E-state index is 12.4. The van der Waals surface area contributed by atoms with E-state index in [4.69, 9.17) is 5.11 Å². The highest BCUT2D eigenvalue weighted by Crippen LogP contribution is 2.67. The van der Waals surface area contributed by atoms with E-state index >= 15 is 0 Å². The summed E-state index contributed by atoms with van der Waals surface area (Å²) in [5, 5.41) is 39.4. The van der Waals surface area contributed by atoms with E-state index in [2.05, 4.69) is 6.92 Å². The number of Topliss-reactive ketones (excluding diaryl/α,β-unsaturated/α-hetero) is 2. The molecule has 0 spiro atoms. The van der Waals surface area contributed by atoms with E-state index in [0.29, 0.717) is 19.3 Å². The van der Waals surface area contributed by atoms with Crippen molar-refractivity contribution in [1.82, 2.24) is 0 Å². The largest absolute Gasteiger partial charge is 0.476 e. The Kier molecular flexibility index (Phi) is 6.54. The van der Waals surface area contributed by atoms with E-state index < -0.39 is 41.3 Å². The van der Waals surface area contributed by atoms with Crippen LogP contribution in [0.5, 0.6) is 0 Å². The number of carbonyl (C=O) groups excluding carboxylic acids is 3. The van der Waals surface area contributed by atoms with Crippen molar-refractivity contribution in [2.24, 2.45) is 28.6 Å². The first-order valence-corrected chi connectivity index (χ1v) is 11.3. The predicted octanol–water partition coefficient (Wildman–Crippen LogP) is 1.44. The topological polar surface area (TPSA) is 149 Å². The van der Waals surface area contributed by atoms with Crippen molar-refractivity contribution in [3.8, 4) is 0 Å². The summed E-state index contributed by atoms with van der Waals surface area (Å²) in [5.41, 5.74) is -1.23. The number of fused-ring (bicyclic) bond motifs is 5. The second-order valence-electron chi connectivity index (χ2n) is 10.4. The number of aliphatic hydroxyl groups is 3. The molecule has 0 aromatic carbocycles. The molecular formula is C24H34O8. The molecule has 0 saturated heterocycles. The molecule has 8 heteroatoms. The SMILES string of the molecule is CC(=O)C(=O)O.C[C@]12CCC(=O)C=C1CC[C@@H]1[C@@H]2[C@@H](O)C[C@@]2(C)[C@H]1CC[C@]2(O)C(=O)CO. The van der Waals surface area contributed by atoms with Gasteiger partial charge in [0, 0.05) is 18.8 Å². The Morgan fingerprint density at radius 3 is 2.31 bits per heavy atom. The molecule has 0 heterocycles. The Bertz CT molecular complexity index is 850. The standard InChI is InChI=1S/C21H30O5.C3H4O3/c1-19-7-5-13(23)9-12(19)3-4-14-15-6-8-21(26,17(25)11-22)20(15,2)10-16(24)18(14)19;1-2(4)3(5)6/h9,14-16,18,22,24,26H,3-8,10-11H2,1-2H3;1H3,(H,5,6)/t14-,15-,16-,18+,19-,20-,21-;/m0./s1. The Morgan fingerprint density at radius 1 is 1.12 bits per heavy atom. The quantitative estimate of drug-likeness (QED) is 0.472. The van der Waals surface area contributed by atoms with Crippen molar-refractivity contribution in [3.63, 3.8) is 0 Å². The van der Waals surface area contributed by atoms with Gasteiger partial charge < -0.3 is 20.4 Å². The first-order valence-electron chi connectivity index (χ1n) is 11.3. The van der Waals surface area contributed by atoms with Crippen LogP contribution in [0.15, 0.2) is 11.6 Å². The lowest BCUT2D eigenvalue weighted by atomic mass is 9.45. The minimum Gasteiger partial charge on any atom is -0.476 e. The number of ketones is 3. The summed E-state index contributed by atoms with van der Waals surface area (Å²) in [6.07, 6.45) is 5.74. The van der Waals surface area contributed by atoms with Crippen molar-refractivity contribution < 1.29 is 39.6 Å². The zero-order valence-corrected chi connectivity index (χ0v) is 19.0. The van der Waals surface area contributed by atoms with E-state index in [1.807, 2.05) is 6.92 Å². The van der Waals surface area contributed by atoms with Gasteiger partial charge >= 0.3 is 5.97 Å². The van der Waals surface area contributed by atoms with Gasteiger partial charge in [-0.2, -0.15) is 0 Å². The average Bonchev–Trinajstić information content (AvgIpc) is 2.99. The highest BCUT2D eigenvalue weighted by Gasteiger charge is 2.68. The molecule has 0 aliphatic heterocycles. The molecule has 4 N–H and O–H groups in total. The van der Waals surface area contributed by atoms with Crippen LogP contribution in [0.2, 0.25) is 0 Å². The second-order valence-corrected chi connectivity index (χ2v) is 10.4. The molecule has 0 amide bonds. The van der Waals surface area contributed by atoms with Crippen LogP contribution >= 0.6 is 0 Å². The number of hydrogen-bond acceptors (Lipinski definition) is 7. The third kappa shape index (κ3) is 3.66. The first kappa shape index (κ1) is 24.7. The van der Waals surface area contributed by atoms with Crippen LogP contribution in [0.25, 0.3) is 0 Å². The van der Waals surface area contributed by atoms with E-state index in [1.54, 1.807) is 6.08 Å². The van der Waals surface area contributed by atoms with Gasteiger partial charge in [-0.15, -0.1) is 0 Å². The Labute approximate surface area is 187 Å². The summed E-state index contributed by atoms with van der Waals surface area (Å²) >= 11 is 0. The molecule has 0 bridgehead atoms. The van der Waals surface area contributed by atoms with Crippen molar-refractivity contribution >= 4 is 23.3 Å². The normalized spacial score (nSPS) is 42.4. The lowest BCUT2D eigenvalue weighted by Gasteiger charge is -2.60. The third-order valence-electron chi connectivity index (χ3n) is 8.95. The number of carboxylic acid groups (broad SMARTS) is 1. The van der Waals surface area contributed by atoms with E-state index in [1.165, 1.54) is 5.57 Å². The van der Waals surface area contributed by atoms with Gasteiger partial charge in [0.25, 0.3) is 0 Å². The maximum atomic E-state index is 12.4. The van der Waals surface area contributed by atoms with Crippen LogP contribution in [0.1, 0.15) is 65.7 Å². The monoisotopic (exact) mass is 450 g/mol. The number of aliphatic hydroxyl groups excluding tert-OH is 2. The van der Waals surface area contributed by atoms with Gasteiger partial charge in [-0.05, 0) is 67.8 Å². The molecule has 0 unspecified atom stereocenters. The lowest BCUT2D eigenvalue weighted by molar-refractivity contribution is -0.182. The van der Waals surface area contributed by atoms with Gasteiger partial charge in [-0.3, -0.25) is 14.4 Å². The summed E-state index contributed by atoms with van der Waals surface area (Å²) in [5.74, 6) is -2.06. The van der Waals surface area contributed by atoms with Crippen molar-refractivity contribution in [3.05, 3.63) is 11.6 Å². The molecule has 7 atom stereocenters. The highest BCUT2D eigenvalue weighted by molar-refractivity contribution is 6.31. The molecular weight excluding hydrogens is 416 g/mol. The summed E-state index contributed by atoms with van der Waals surface area (Å²) in [6, 6.07) is 0. The van der Waals surface area contributed by atoms with Gasteiger partial charge in [0.2, 0.25) is 5.78 Å². The second kappa shape index (κ2) is 8.47. The number of allylic oxidation sites excluding steroid dienone is 1. The summed E-state index contributed by atoms with van der Waals surface area (Å²) in [4.78, 5) is 43.2. The van der Waals surface area contributed by atoms with Gasteiger partial charge in [0.05, 0.1) is 6.10 Å². The zero-order valence-electron chi connectivity index (χ0n) is 19.0. The molecule has 4 aliphatic carbocycles. The highest BCUT2D eigenvalue weighted by atomic mass is 16.4. The average molecular weight is 451 g/mol. The predicted molar refractivity (Wildman–Crippen MR) is 113 cm³/mol. The molecule has 4 aliphatic rings. The molecule has 3 fully saturated rings. The minimum absolute atomic E-state index is 0.0697. The fraction of sp³-hybridized carbons (Fsp3) is 0.750. The van der Waals surface area contributed by atoms with Crippen LogP contribution in [-0.2, 0) is 19.2 Å².